The van der Waals surface area contributed by atoms with Crippen LogP contribution in [0.2, 0.25) is 0 Å². The molecule has 1 N–H and O–H groups in total. The van der Waals surface area contributed by atoms with Crippen LogP contribution in [-0.2, 0) is 0 Å². The smallest absolute Gasteiger partial charge is 0.124 e. The van der Waals surface area contributed by atoms with Crippen molar-refractivity contribution < 1.29 is 4.74 Å². The molecule has 0 fully saturated rings. The molecular weight excluding hydrogens is 230 g/mol. The maximum absolute atomic E-state index is 5.42. The Kier molecular flexibility index (Phi) is 3.82. The summed E-state index contributed by atoms with van der Waals surface area (Å²) < 4.78 is 5.42. The lowest BCUT2D eigenvalue weighted by Crippen LogP contribution is -2.17. The van der Waals surface area contributed by atoms with Gasteiger partial charge in [-0.2, -0.15) is 0 Å². The monoisotopic (exact) mass is 247 g/mol. The molecule has 1 aromatic heterocycles. The maximum atomic E-state index is 5.42. The van der Waals surface area contributed by atoms with Crippen molar-refractivity contribution >= 4 is 11.3 Å². The summed E-state index contributed by atoms with van der Waals surface area (Å²) >= 11 is 1.82. The molecule has 1 atom stereocenters. The molecule has 0 spiro atoms. The molecule has 17 heavy (non-hydrogen) atoms. The lowest BCUT2D eigenvalue weighted by molar-refractivity contribution is 0.405. The van der Waals surface area contributed by atoms with Crippen molar-refractivity contribution in [2.45, 2.75) is 13.0 Å². The van der Waals surface area contributed by atoms with Crippen LogP contribution in [0.15, 0.2) is 36.4 Å². The summed E-state index contributed by atoms with van der Waals surface area (Å²) in [5.74, 6) is 0.929. The third kappa shape index (κ3) is 2.51. The van der Waals surface area contributed by atoms with Gasteiger partial charge in [0.05, 0.1) is 13.2 Å². The van der Waals surface area contributed by atoms with Crippen LogP contribution in [0.3, 0.4) is 0 Å². The lowest BCUT2D eigenvalue weighted by atomic mass is 10.0. The number of benzene rings is 1. The van der Waals surface area contributed by atoms with Gasteiger partial charge in [0.15, 0.2) is 0 Å². The van der Waals surface area contributed by atoms with Crippen LogP contribution in [0, 0.1) is 6.92 Å². The Hall–Kier alpha value is -1.32. The van der Waals surface area contributed by atoms with E-state index in [0.29, 0.717) is 0 Å². The van der Waals surface area contributed by atoms with Crippen LogP contribution < -0.4 is 10.1 Å². The standard InChI is InChI=1S/C14H17NOS/c1-10-8-9-13(17-10)14(15-2)11-6-4-5-7-12(11)16-3/h4-9,14-15H,1-3H3. The van der Waals surface area contributed by atoms with Crippen LogP contribution in [0.1, 0.15) is 21.4 Å². The molecular formula is C14H17NOS. The van der Waals surface area contributed by atoms with Gasteiger partial charge in [0.1, 0.15) is 5.75 Å². The molecule has 2 nitrogen and oxygen atoms in total. The molecule has 1 unspecified atom stereocenters. The van der Waals surface area contributed by atoms with E-state index >= 15 is 0 Å². The number of methoxy groups -OCH3 is 1. The van der Waals surface area contributed by atoms with Crippen LogP contribution in [0.4, 0.5) is 0 Å². The Labute approximate surface area is 106 Å². The Morgan fingerprint density at radius 3 is 2.53 bits per heavy atom. The van der Waals surface area contributed by atoms with Gasteiger partial charge in [-0.1, -0.05) is 18.2 Å². The van der Waals surface area contributed by atoms with Crippen molar-refractivity contribution in [3.8, 4) is 5.75 Å². The fourth-order valence-corrected chi connectivity index (χ4v) is 2.97. The fourth-order valence-electron chi connectivity index (χ4n) is 1.96. The molecule has 0 aliphatic rings. The third-order valence-electron chi connectivity index (χ3n) is 2.78. The summed E-state index contributed by atoms with van der Waals surface area (Å²) in [5, 5.41) is 3.35. The van der Waals surface area contributed by atoms with Crippen molar-refractivity contribution in [2.24, 2.45) is 0 Å². The summed E-state index contributed by atoms with van der Waals surface area (Å²) in [7, 11) is 3.69. The summed E-state index contributed by atoms with van der Waals surface area (Å²) in [6.45, 7) is 2.13. The number of rotatable bonds is 4. The van der Waals surface area contributed by atoms with Gasteiger partial charge in [0.2, 0.25) is 0 Å². The highest BCUT2D eigenvalue weighted by Gasteiger charge is 2.17. The Morgan fingerprint density at radius 2 is 1.94 bits per heavy atom. The Balaban J connectivity index is 2.41. The summed E-state index contributed by atoms with van der Waals surface area (Å²) in [6.07, 6.45) is 0. The number of nitrogens with one attached hydrogen (secondary N) is 1. The summed E-state index contributed by atoms with van der Waals surface area (Å²) in [6, 6.07) is 12.7. The topological polar surface area (TPSA) is 21.3 Å². The van der Waals surface area contributed by atoms with Gasteiger partial charge >= 0.3 is 0 Å². The highest BCUT2D eigenvalue weighted by molar-refractivity contribution is 7.12. The van der Waals surface area contributed by atoms with E-state index in [0.717, 1.165) is 5.75 Å². The maximum Gasteiger partial charge on any atom is 0.124 e. The largest absolute Gasteiger partial charge is 0.496 e. The molecule has 1 heterocycles. The molecule has 3 heteroatoms. The molecule has 2 rings (SSSR count). The zero-order valence-electron chi connectivity index (χ0n) is 10.4. The second-order valence-electron chi connectivity index (χ2n) is 3.91. The van der Waals surface area contributed by atoms with Gasteiger partial charge in [-0.25, -0.2) is 0 Å². The molecule has 0 radical (unpaired) electrons. The number of aryl methyl sites for hydroxylation is 1. The van der Waals surface area contributed by atoms with E-state index in [1.165, 1.54) is 15.3 Å². The minimum absolute atomic E-state index is 0.199. The molecule has 0 saturated carbocycles. The minimum atomic E-state index is 0.199. The first-order valence-corrected chi connectivity index (χ1v) is 6.44. The number of hydrogen-bond acceptors (Lipinski definition) is 3. The number of thiophene rings is 1. The highest BCUT2D eigenvalue weighted by atomic mass is 32.1. The summed E-state index contributed by atoms with van der Waals surface area (Å²) in [4.78, 5) is 2.64. The predicted molar refractivity (Wildman–Crippen MR) is 73.0 cm³/mol. The molecule has 1 aromatic carbocycles. The normalized spacial score (nSPS) is 12.4. The van der Waals surface area contributed by atoms with E-state index in [4.69, 9.17) is 4.74 Å². The highest BCUT2D eigenvalue weighted by Crippen LogP contribution is 2.32. The average molecular weight is 247 g/mol. The zero-order chi connectivity index (χ0) is 12.3. The molecule has 0 aliphatic carbocycles. The van der Waals surface area contributed by atoms with Crippen molar-refractivity contribution in [3.05, 3.63) is 51.7 Å². The molecule has 0 amide bonds. The van der Waals surface area contributed by atoms with Crippen molar-refractivity contribution in [1.82, 2.24) is 5.32 Å². The minimum Gasteiger partial charge on any atom is -0.496 e. The number of hydrogen-bond donors (Lipinski definition) is 1. The van der Waals surface area contributed by atoms with Crippen LogP contribution in [0.25, 0.3) is 0 Å². The molecule has 2 aromatic rings. The van der Waals surface area contributed by atoms with Gasteiger partial charge < -0.3 is 10.1 Å². The SMILES string of the molecule is CNC(c1ccc(C)s1)c1ccccc1OC. The van der Waals surface area contributed by atoms with E-state index < -0.39 is 0 Å². The molecule has 0 saturated heterocycles. The van der Waals surface area contributed by atoms with Crippen LogP contribution in [0.5, 0.6) is 5.75 Å². The number of para-hydroxylation sites is 1. The first-order chi connectivity index (χ1) is 8.26. The Morgan fingerprint density at radius 1 is 1.18 bits per heavy atom. The first-order valence-electron chi connectivity index (χ1n) is 5.62. The average Bonchev–Trinajstić information content (AvgIpc) is 2.77. The summed E-state index contributed by atoms with van der Waals surface area (Å²) in [5.41, 5.74) is 1.18. The zero-order valence-corrected chi connectivity index (χ0v) is 11.2. The van der Waals surface area contributed by atoms with Crippen LogP contribution >= 0.6 is 11.3 Å². The van der Waals surface area contributed by atoms with E-state index in [1.54, 1.807) is 7.11 Å². The third-order valence-corrected chi connectivity index (χ3v) is 3.85. The number of ether oxygens (including phenoxy) is 1. The Bertz CT molecular complexity index is 492. The second-order valence-corrected chi connectivity index (χ2v) is 5.23. The van der Waals surface area contributed by atoms with E-state index in [9.17, 15) is 0 Å². The van der Waals surface area contributed by atoms with Crippen LogP contribution in [-0.4, -0.2) is 14.2 Å². The van der Waals surface area contributed by atoms with Crippen molar-refractivity contribution in [1.29, 1.82) is 0 Å². The van der Waals surface area contributed by atoms with Crippen molar-refractivity contribution in [2.75, 3.05) is 14.2 Å². The second kappa shape index (κ2) is 5.34. The van der Waals surface area contributed by atoms with Crippen molar-refractivity contribution in [3.63, 3.8) is 0 Å². The lowest BCUT2D eigenvalue weighted by Gasteiger charge is -2.18. The molecule has 90 valence electrons. The van der Waals surface area contributed by atoms with E-state index in [1.807, 2.05) is 36.6 Å². The molecule has 0 aliphatic heterocycles. The van der Waals surface area contributed by atoms with Gasteiger partial charge in [-0.3, -0.25) is 0 Å². The predicted octanol–water partition coefficient (Wildman–Crippen LogP) is 3.37. The van der Waals surface area contributed by atoms with E-state index in [2.05, 4.69) is 30.4 Å². The molecule has 0 bridgehead atoms. The van der Waals surface area contributed by atoms with Gasteiger partial charge in [-0.15, -0.1) is 11.3 Å². The van der Waals surface area contributed by atoms with Gasteiger partial charge in [0.25, 0.3) is 0 Å². The van der Waals surface area contributed by atoms with Gasteiger partial charge in [0, 0.05) is 15.3 Å². The fraction of sp³-hybridized carbons (Fsp3) is 0.286. The first kappa shape index (κ1) is 12.1. The quantitative estimate of drug-likeness (QED) is 0.894. The van der Waals surface area contributed by atoms with Gasteiger partial charge in [-0.05, 0) is 32.2 Å². The van der Waals surface area contributed by atoms with E-state index in [-0.39, 0.29) is 6.04 Å².